The predicted octanol–water partition coefficient (Wildman–Crippen LogP) is 3.52. The lowest BCUT2D eigenvalue weighted by Crippen LogP contribution is -2.22. The summed E-state index contributed by atoms with van der Waals surface area (Å²) in [4.78, 5) is 15.6. The number of aliphatic imine (C=N–C) groups is 1. The molecule has 1 aromatic heterocycles. The van der Waals surface area contributed by atoms with Gasteiger partial charge in [0, 0.05) is 21.5 Å². The normalized spacial score (nSPS) is 16.7. The third-order valence-corrected chi connectivity index (χ3v) is 8.57. The van der Waals surface area contributed by atoms with E-state index in [2.05, 4.69) is 9.73 Å². The average molecular weight is 542 g/mol. The number of fused-ring (bicyclic) bond motifs is 1. The van der Waals surface area contributed by atoms with Gasteiger partial charge in [-0.1, -0.05) is 11.6 Å². The van der Waals surface area contributed by atoms with Crippen LogP contribution < -0.4 is 4.31 Å². The minimum atomic E-state index is -3.89. The van der Waals surface area contributed by atoms with Crippen LogP contribution in [0, 0.1) is 6.92 Å². The third kappa shape index (κ3) is 4.56. The van der Waals surface area contributed by atoms with Crippen LogP contribution in [0.4, 0.5) is 10.7 Å². The van der Waals surface area contributed by atoms with Gasteiger partial charge in [0.15, 0.2) is 15.9 Å². The third-order valence-electron chi connectivity index (χ3n) is 5.16. The molecule has 0 saturated carbocycles. The van der Waals surface area contributed by atoms with Gasteiger partial charge in [0.1, 0.15) is 11.6 Å². The number of benzene rings is 2. The molecule has 0 N–H and O–H groups in total. The van der Waals surface area contributed by atoms with Gasteiger partial charge in [0.2, 0.25) is 5.90 Å². The highest BCUT2D eigenvalue weighted by atomic mass is 35.5. The molecule has 1 aliphatic heterocycles. The maximum absolute atomic E-state index is 12.7. The van der Waals surface area contributed by atoms with Gasteiger partial charge in [0.05, 0.1) is 29.0 Å². The van der Waals surface area contributed by atoms with Gasteiger partial charge >= 0.3 is 5.97 Å². The van der Waals surface area contributed by atoms with Gasteiger partial charge in [-0.2, -0.15) is 0 Å². The lowest BCUT2D eigenvalue weighted by atomic mass is 10.1. The first-order chi connectivity index (χ1) is 16.0. The Bertz CT molecular complexity index is 1470. The Morgan fingerprint density at radius 2 is 2.06 bits per heavy atom. The van der Waals surface area contributed by atoms with Crippen molar-refractivity contribution in [3.8, 4) is 0 Å². The van der Waals surface area contributed by atoms with Crippen LogP contribution in [-0.4, -0.2) is 55.1 Å². The molecule has 2 aromatic carbocycles. The van der Waals surface area contributed by atoms with Crippen molar-refractivity contribution in [2.75, 3.05) is 24.3 Å². The van der Waals surface area contributed by atoms with E-state index in [4.69, 9.17) is 16.3 Å². The van der Waals surface area contributed by atoms with Gasteiger partial charge in [0.25, 0.3) is 0 Å². The maximum atomic E-state index is 12.7. The summed E-state index contributed by atoms with van der Waals surface area (Å²) in [5.41, 5.74) is 0.871. The largest absolute Gasteiger partial charge is 0.755 e. The van der Waals surface area contributed by atoms with E-state index in [-0.39, 0.29) is 28.7 Å². The molecule has 0 bridgehead atoms. The molecule has 0 aliphatic carbocycles. The van der Waals surface area contributed by atoms with Crippen molar-refractivity contribution in [3.05, 3.63) is 52.5 Å². The summed E-state index contributed by atoms with van der Waals surface area (Å²) in [6.45, 7) is 1.70. The van der Waals surface area contributed by atoms with E-state index in [9.17, 15) is 22.0 Å². The van der Waals surface area contributed by atoms with E-state index < -0.39 is 33.1 Å². The number of aryl methyl sites for hydroxylation is 1. The molecule has 0 amide bonds. The number of carbonyl (C=O) groups is 1. The smallest absolute Gasteiger partial charge is 0.334 e. The molecule has 9 nitrogen and oxygen atoms in total. The van der Waals surface area contributed by atoms with Crippen LogP contribution in [0.2, 0.25) is 5.02 Å². The number of halogens is 1. The van der Waals surface area contributed by atoms with Gasteiger partial charge in [-0.15, -0.1) is 11.3 Å². The number of esters is 1. The van der Waals surface area contributed by atoms with E-state index in [1.165, 1.54) is 36.6 Å². The first-order valence-electron chi connectivity index (χ1n) is 9.72. The minimum Gasteiger partial charge on any atom is -0.755 e. The molecule has 13 heteroatoms. The second-order valence-electron chi connectivity index (χ2n) is 7.42. The van der Waals surface area contributed by atoms with Crippen molar-refractivity contribution in [1.82, 2.24) is 0 Å². The Kier molecular flexibility index (Phi) is 6.71. The molecule has 3 aromatic rings. The van der Waals surface area contributed by atoms with Crippen molar-refractivity contribution in [1.29, 1.82) is 0 Å². The molecular weight excluding hydrogens is 524 g/mol. The zero-order valence-electron chi connectivity index (χ0n) is 18.1. The standard InChI is InChI=1S/C21H19ClN2O7S3/c1-11-14-9-13(22)5-7-17(14)32-20(11)24(33(26)27)16-6-4-12(8-18(16)34(3,28)29)19-23-15(10-31-19)21(25)30-2/h4-9,15H,10H2,1-3H3,(H,26,27)/p-1. The van der Waals surface area contributed by atoms with Crippen molar-refractivity contribution in [2.45, 2.75) is 17.9 Å². The number of hydrogen-bond donors (Lipinski definition) is 0. The predicted molar refractivity (Wildman–Crippen MR) is 130 cm³/mol. The highest BCUT2D eigenvalue weighted by molar-refractivity contribution is 7.91. The molecule has 4 rings (SSSR count). The molecular formula is C21H18ClN2O7S3-. The Labute approximate surface area is 207 Å². The second kappa shape index (κ2) is 9.27. The molecule has 0 radical (unpaired) electrons. The van der Waals surface area contributed by atoms with E-state index in [1.807, 2.05) is 0 Å². The number of ether oxygens (including phenoxy) is 2. The summed E-state index contributed by atoms with van der Waals surface area (Å²) in [5.74, 6) is -0.516. The van der Waals surface area contributed by atoms with Gasteiger partial charge < -0.3 is 14.0 Å². The number of sulfone groups is 1. The summed E-state index contributed by atoms with van der Waals surface area (Å²) in [6, 6.07) is 8.48. The average Bonchev–Trinajstić information content (AvgIpc) is 3.39. The van der Waals surface area contributed by atoms with Crippen molar-refractivity contribution < 1.29 is 31.4 Å². The van der Waals surface area contributed by atoms with Crippen LogP contribution in [-0.2, 0) is 35.4 Å². The SMILES string of the molecule is COC(=O)C1COC(c2ccc(N(c3sc4ccc(Cl)cc4c3C)S(=O)[O-])c(S(C)(=O)=O)c2)=N1. The number of carbonyl (C=O) groups excluding carboxylic acids is 1. The molecule has 34 heavy (non-hydrogen) atoms. The Morgan fingerprint density at radius 1 is 1.32 bits per heavy atom. The monoisotopic (exact) mass is 541 g/mol. The number of anilines is 2. The number of thiophene rings is 1. The Morgan fingerprint density at radius 3 is 2.71 bits per heavy atom. The van der Waals surface area contributed by atoms with Crippen LogP contribution in [0.15, 0.2) is 46.3 Å². The molecule has 1 aliphatic rings. The van der Waals surface area contributed by atoms with Crippen LogP contribution >= 0.6 is 22.9 Å². The zero-order chi connectivity index (χ0) is 24.8. The minimum absolute atomic E-state index is 0.0434. The van der Waals surface area contributed by atoms with Crippen LogP contribution in [0.5, 0.6) is 0 Å². The lowest BCUT2D eigenvalue weighted by Gasteiger charge is -2.27. The van der Waals surface area contributed by atoms with E-state index in [0.29, 0.717) is 15.6 Å². The summed E-state index contributed by atoms with van der Waals surface area (Å²) >= 11 is 4.46. The molecule has 2 atom stereocenters. The van der Waals surface area contributed by atoms with Gasteiger partial charge in [-0.05, 0) is 54.3 Å². The van der Waals surface area contributed by atoms with E-state index in [0.717, 1.165) is 20.6 Å². The summed E-state index contributed by atoms with van der Waals surface area (Å²) in [6.07, 6.45) is 0.980. The quantitative estimate of drug-likeness (QED) is 0.345. The fourth-order valence-electron chi connectivity index (χ4n) is 3.53. The van der Waals surface area contributed by atoms with E-state index >= 15 is 0 Å². The highest BCUT2D eigenvalue weighted by Crippen LogP contribution is 2.44. The molecule has 0 saturated heterocycles. The second-order valence-corrected chi connectivity index (χ2v) is 11.7. The summed E-state index contributed by atoms with van der Waals surface area (Å²) < 4.78 is 62.0. The highest BCUT2D eigenvalue weighted by Gasteiger charge is 2.30. The maximum Gasteiger partial charge on any atom is 0.334 e. The van der Waals surface area contributed by atoms with Crippen molar-refractivity contribution in [2.24, 2.45) is 4.99 Å². The van der Waals surface area contributed by atoms with Crippen molar-refractivity contribution in [3.63, 3.8) is 0 Å². The first-order valence-corrected chi connectivity index (χ1v) is 13.8. The molecule has 0 fully saturated rings. The van der Waals surface area contributed by atoms with E-state index in [1.54, 1.807) is 25.1 Å². The van der Waals surface area contributed by atoms with Crippen LogP contribution in [0.25, 0.3) is 10.1 Å². The number of nitrogens with zero attached hydrogens (tertiary/aromatic N) is 2. The number of rotatable bonds is 6. The van der Waals surface area contributed by atoms with Crippen LogP contribution in [0.1, 0.15) is 11.1 Å². The van der Waals surface area contributed by atoms with Crippen molar-refractivity contribution >= 4 is 76.7 Å². The first kappa shape index (κ1) is 24.6. The summed E-state index contributed by atoms with van der Waals surface area (Å²) in [7, 11) is -2.66. The fourth-order valence-corrected chi connectivity index (χ4v) is 6.64. The Balaban J connectivity index is 1.87. The van der Waals surface area contributed by atoms with Gasteiger partial charge in [-0.3, -0.25) is 8.51 Å². The molecule has 2 unspecified atom stereocenters. The molecule has 2 heterocycles. The number of hydrogen-bond acceptors (Lipinski definition) is 9. The fraction of sp³-hybridized carbons (Fsp3) is 0.238. The molecule has 0 spiro atoms. The molecule has 180 valence electrons. The lowest BCUT2D eigenvalue weighted by molar-refractivity contribution is -0.142. The van der Waals surface area contributed by atoms with Gasteiger partial charge in [-0.25, -0.2) is 18.2 Å². The van der Waals surface area contributed by atoms with Crippen LogP contribution in [0.3, 0.4) is 0 Å². The summed E-state index contributed by atoms with van der Waals surface area (Å²) in [5, 5.41) is 1.60. The Hall–Kier alpha value is -2.51. The topological polar surface area (TPSA) is 125 Å². The number of methoxy groups -OCH3 is 1. The zero-order valence-corrected chi connectivity index (χ0v) is 21.3.